The van der Waals surface area contributed by atoms with Gasteiger partial charge in [0.15, 0.2) is 5.78 Å². The van der Waals surface area contributed by atoms with Gasteiger partial charge in [0.05, 0.1) is 6.61 Å². The monoisotopic (exact) mass is 483 g/mol. The van der Waals surface area contributed by atoms with E-state index in [1.165, 1.54) is 0 Å². The highest BCUT2D eigenvalue weighted by atomic mass is 31.2. The maximum atomic E-state index is 13.4. The number of benzene rings is 2. The molecule has 1 atom stereocenters. The Morgan fingerprint density at radius 3 is 1.65 bits per heavy atom. The first-order valence-corrected chi connectivity index (χ1v) is 13.0. The number of carbonyl (C=O) groups is 1. The molecule has 0 radical (unpaired) electrons. The molecule has 1 aliphatic heterocycles. The Morgan fingerprint density at radius 1 is 0.882 bits per heavy atom. The van der Waals surface area contributed by atoms with Gasteiger partial charge in [-0.25, -0.2) is 0 Å². The topological polar surface area (TPSA) is 73.3 Å². The predicted octanol–water partition coefficient (Wildman–Crippen LogP) is 4.35. The molecule has 1 N–H and O–H groups in total. The Labute approximate surface area is 202 Å². The molecule has 0 saturated carbocycles. The van der Waals surface area contributed by atoms with Crippen LogP contribution in [0.2, 0.25) is 0 Å². The van der Waals surface area contributed by atoms with Crippen LogP contribution in [-0.4, -0.2) is 69.7 Å². The molecule has 34 heavy (non-hydrogen) atoms. The average Bonchev–Trinajstić information content (AvgIpc) is 2.77. The summed E-state index contributed by atoms with van der Waals surface area (Å²) in [6.45, 7) is 2.40. The highest BCUT2D eigenvalue weighted by Gasteiger charge is 2.31. The van der Waals surface area contributed by atoms with E-state index in [2.05, 4.69) is 0 Å². The summed E-state index contributed by atoms with van der Waals surface area (Å²) in [5, 5.41) is 0. The lowest BCUT2D eigenvalue weighted by Gasteiger charge is -2.30. The summed E-state index contributed by atoms with van der Waals surface area (Å²) in [6, 6.07) is 15.9. The van der Waals surface area contributed by atoms with E-state index in [9.17, 15) is 14.3 Å². The minimum absolute atomic E-state index is 0.0474. The van der Waals surface area contributed by atoms with Gasteiger partial charge in [0, 0.05) is 63.8 Å². The standard InChI is InChI=1S/C26H34N3O4P/c1-6-33-34(31,32)19-29-17-22(15-20-7-11-24(12-8-20)27(2)3)26(30)23(18-29)16-21-9-13-25(14-10-21)28(4)5/h7-16H,6,17-19H2,1-5H3,(H,31,32)/b22-15+,23-16+. The van der Waals surface area contributed by atoms with Crippen molar-refractivity contribution >= 4 is 36.9 Å². The summed E-state index contributed by atoms with van der Waals surface area (Å²) in [7, 11) is 4.12. The van der Waals surface area contributed by atoms with Crippen LogP contribution in [0.1, 0.15) is 18.1 Å². The van der Waals surface area contributed by atoms with Crippen molar-refractivity contribution in [3.05, 3.63) is 70.8 Å². The van der Waals surface area contributed by atoms with Crippen molar-refractivity contribution < 1.29 is 18.8 Å². The van der Waals surface area contributed by atoms with E-state index in [0.29, 0.717) is 11.1 Å². The highest BCUT2D eigenvalue weighted by molar-refractivity contribution is 7.52. The number of Topliss-reactive ketones (excluding diaryl/α,β-unsaturated/α-hetero) is 1. The summed E-state index contributed by atoms with van der Waals surface area (Å²) in [4.78, 5) is 29.4. The van der Waals surface area contributed by atoms with Gasteiger partial charge in [0.2, 0.25) is 0 Å². The van der Waals surface area contributed by atoms with Crippen molar-refractivity contribution in [3.63, 3.8) is 0 Å². The van der Waals surface area contributed by atoms with Crippen LogP contribution < -0.4 is 9.80 Å². The van der Waals surface area contributed by atoms with Crippen LogP contribution in [0.15, 0.2) is 59.7 Å². The van der Waals surface area contributed by atoms with E-state index in [1.54, 1.807) is 11.8 Å². The van der Waals surface area contributed by atoms with Gasteiger partial charge in [-0.1, -0.05) is 24.3 Å². The second kappa shape index (κ2) is 11.2. The summed E-state index contributed by atoms with van der Waals surface area (Å²) in [6.07, 6.45) is 3.59. The third kappa shape index (κ3) is 6.90. The molecule has 1 aliphatic rings. The molecule has 7 nitrogen and oxygen atoms in total. The zero-order valence-electron chi connectivity index (χ0n) is 20.6. The quantitative estimate of drug-likeness (QED) is 0.442. The number of ketones is 1. The summed E-state index contributed by atoms with van der Waals surface area (Å²) in [5.41, 5.74) is 5.11. The van der Waals surface area contributed by atoms with Gasteiger partial charge in [-0.2, -0.15) is 0 Å². The minimum atomic E-state index is -3.78. The lowest BCUT2D eigenvalue weighted by atomic mass is 9.94. The molecular weight excluding hydrogens is 449 g/mol. The number of rotatable bonds is 8. The van der Waals surface area contributed by atoms with Gasteiger partial charge in [0.25, 0.3) is 0 Å². The molecule has 1 fully saturated rings. The molecule has 0 spiro atoms. The maximum Gasteiger partial charge on any atom is 0.342 e. The molecule has 2 aromatic rings. The summed E-state index contributed by atoms with van der Waals surface area (Å²) >= 11 is 0. The van der Waals surface area contributed by atoms with Crippen LogP contribution >= 0.6 is 7.60 Å². The van der Waals surface area contributed by atoms with Crippen molar-refractivity contribution in [2.24, 2.45) is 0 Å². The molecule has 1 unspecified atom stereocenters. The van der Waals surface area contributed by atoms with Gasteiger partial charge in [-0.3, -0.25) is 14.3 Å². The van der Waals surface area contributed by atoms with E-state index in [4.69, 9.17) is 4.52 Å². The fourth-order valence-corrected chi connectivity index (χ4v) is 5.04. The van der Waals surface area contributed by atoms with Gasteiger partial charge >= 0.3 is 7.60 Å². The SMILES string of the molecule is CCOP(=O)(O)CN1C/C(=C\c2ccc(N(C)C)cc2)C(=O)/C(=C/c2ccc(N(C)C)cc2)C1. The Morgan fingerprint density at radius 2 is 1.29 bits per heavy atom. The second-order valence-corrected chi connectivity index (χ2v) is 10.6. The van der Waals surface area contributed by atoms with Gasteiger partial charge in [0.1, 0.15) is 6.29 Å². The fourth-order valence-electron chi connectivity index (χ4n) is 3.84. The summed E-state index contributed by atoms with van der Waals surface area (Å²) in [5.74, 6) is -0.0474. The number of carbonyl (C=O) groups excluding carboxylic acids is 1. The van der Waals surface area contributed by atoms with Crippen molar-refractivity contribution in [1.29, 1.82) is 0 Å². The molecule has 3 rings (SSSR count). The van der Waals surface area contributed by atoms with Gasteiger partial charge in [-0.05, 0) is 54.5 Å². The first-order chi connectivity index (χ1) is 16.1. The molecule has 0 bridgehead atoms. The van der Waals surface area contributed by atoms with E-state index < -0.39 is 7.60 Å². The molecule has 0 aromatic heterocycles. The van der Waals surface area contributed by atoms with E-state index in [-0.39, 0.29) is 31.8 Å². The third-order valence-corrected chi connectivity index (χ3v) is 7.00. The molecule has 8 heteroatoms. The van der Waals surface area contributed by atoms with Crippen LogP contribution in [0.3, 0.4) is 0 Å². The fraction of sp³-hybridized carbons (Fsp3) is 0.346. The molecule has 1 saturated heterocycles. The number of hydrogen-bond acceptors (Lipinski definition) is 6. The average molecular weight is 484 g/mol. The smallest absolute Gasteiger partial charge is 0.342 e. The zero-order valence-corrected chi connectivity index (χ0v) is 21.5. The van der Waals surface area contributed by atoms with Crippen LogP contribution in [0.25, 0.3) is 12.2 Å². The Bertz CT molecular complexity index is 1030. The maximum absolute atomic E-state index is 13.4. The molecule has 2 aromatic carbocycles. The van der Waals surface area contributed by atoms with E-state index in [0.717, 1.165) is 22.5 Å². The molecular formula is C26H34N3O4P. The molecule has 1 heterocycles. The molecule has 0 amide bonds. The Hall–Kier alpha value is -2.70. The zero-order chi connectivity index (χ0) is 24.9. The Balaban J connectivity index is 1.94. The summed E-state index contributed by atoms with van der Waals surface area (Å²) < 4.78 is 17.5. The molecule has 0 aliphatic carbocycles. The number of nitrogens with zero attached hydrogens (tertiary/aromatic N) is 3. The largest absolute Gasteiger partial charge is 0.378 e. The van der Waals surface area contributed by atoms with Crippen molar-refractivity contribution in [3.8, 4) is 0 Å². The Kier molecular flexibility index (Phi) is 8.50. The van der Waals surface area contributed by atoms with Crippen LogP contribution in [0.4, 0.5) is 11.4 Å². The minimum Gasteiger partial charge on any atom is -0.378 e. The van der Waals surface area contributed by atoms with Gasteiger partial charge < -0.3 is 19.2 Å². The van der Waals surface area contributed by atoms with E-state index in [1.807, 2.05) is 98.7 Å². The van der Waals surface area contributed by atoms with Crippen molar-refractivity contribution in [2.75, 3.05) is 64.0 Å². The predicted molar refractivity (Wildman–Crippen MR) is 140 cm³/mol. The third-order valence-electron chi connectivity index (χ3n) is 5.58. The lowest BCUT2D eigenvalue weighted by Crippen LogP contribution is -2.38. The number of hydrogen-bond donors (Lipinski definition) is 1. The highest BCUT2D eigenvalue weighted by Crippen LogP contribution is 2.43. The van der Waals surface area contributed by atoms with Crippen molar-refractivity contribution in [2.45, 2.75) is 6.92 Å². The number of anilines is 2. The van der Waals surface area contributed by atoms with Gasteiger partial charge in [-0.15, -0.1) is 0 Å². The normalized spacial score (nSPS) is 18.8. The number of likely N-dealkylation sites (tertiary alicyclic amines) is 1. The van der Waals surface area contributed by atoms with Crippen LogP contribution in [0.5, 0.6) is 0 Å². The lowest BCUT2D eigenvalue weighted by molar-refractivity contribution is -0.113. The van der Waals surface area contributed by atoms with Crippen LogP contribution in [-0.2, 0) is 13.9 Å². The first kappa shape index (κ1) is 25.9. The van der Waals surface area contributed by atoms with E-state index >= 15 is 0 Å². The number of piperidine rings is 1. The van der Waals surface area contributed by atoms with Crippen LogP contribution in [0, 0.1) is 0 Å². The second-order valence-electron chi connectivity index (χ2n) is 8.82. The first-order valence-electron chi connectivity index (χ1n) is 11.3. The van der Waals surface area contributed by atoms with Crippen molar-refractivity contribution in [1.82, 2.24) is 4.90 Å². The molecule has 182 valence electrons.